The first kappa shape index (κ1) is 14.5. The van der Waals surface area contributed by atoms with Crippen molar-refractivity contribution in [2.24, 2.45) is 17.6 Å². The molecular weight excluding hydrogens is 292 g/mol. The summed E-state index contributed by atoms with van der Waals surface area (Å²) in [5.74, 6) is 1.32. The van der Waals surface area contributed by atoms with E-state index >= 15 is 0 Å². The number of piperidine rings is 1. The zero-order valence-corrected chi connectivity index (χ0v) is 13.3. The highest BCUT2D eigenvalue weighted by molar-refractivity contribution is 7.91. The summed E-state index contributed by atoms with van der Waals surface area (Å²) in [5.41, 5.74) is 6.47. The highest BCUT2D eigenvalue weighted by Crippen LogP contribution is 2.38. The van der Waals surface area contributed by atoms with Crippen molar-refractivity contribution in [1.82, 2.24) is 4.31 Å². The van der Waals surface area contributed by atoms with Gasteiger partial charge >= 0.3 is 0 Å². The summed E-state index contributed by atoms with van der Waals surface area (Å²) in [6.45, 7) is 1.79. The van der Waals surface area contributed by atoms with Crippen LogP contribution >= 0.6 is 11.3 Å². The second-order valence-corrected chi connectivity index (χ2v) is 9.01. The van der Waals surface area contributed by atoms with E-state index < -0.39 is 10.0 Å². The molecule has 1 aromatic rings. The van der Waals surface area contributed by atoms with Gasteiger partial charge in [0, 0.05) is 19.6 Å². The van der Waals surface area contributed by atoms with Crippen LogP contribution in [-0.2, 0) is 16.6 Å². The zero-order valence-electron chi connectivity index (χ0n) is 11.6. The quantitative estimate of drug-likeness (QED) is 0.932. The minimum Gasteiger partial charge on any atom is -0.326 e. The first-order valence-electron chi connectivity index (χ1n) is 7.39. The number of fused-ring (bicyclic) bond motifs is 1. The number of hydrogen-bond donors (Lipinski definition) is 1. The average molecular weight is 314 g/mol. The van der Waals surface area contributed by atoms with Gasteiger partial charge in [0.15, 0.2) is 0 Å². The number of hydrogen-bond acceptors (Lipinski definition) is 4. The van der Waals surface area contributed by atoms with Crippen LogP contribution in [-0.4, -0.2) is 25.8 Å². The maximum absolute atomic E-state index is 12.7. The first-order valence-corrected chi connectivity index (χ1v) is 9.71. The first-order chi connectivity index (χ1) is 9.61. The molecule has 0 bridgehead atoms. The molecule has 2 N–H and O–H groups in total. The van der Waals surface area contributed by atoms with E-state index in [-0.39, 0.29) is 0 Å². The molecule has 1 aromatic heterocycles. The van der Waals surface area contributed by atoms with Gasteiger partial charge in [-0.3, -0.25) is 0 Å². The molecule has 4 nitrogen and oxygen atoms in total. The Kier molecular flexibility index (Phi) is 4.17. The standard InChI is InChI=1S/C14H22N2O2S2/c15-8-11-7-14(19-10-11)20(17,18)16-6-5-12-3-1-2-4-13(12)9-16/h7,10,12-13H,1-6,8-9,15H2. The molecule has 1 aliphatic heterocycles. The van der Waals surface area contributed by atoms with Crippen LogP contribution in [0.4, 0.5) is 0 Å². The smallest absolute Gasteiger partial charge is 0.252 e. The van der Waals surface area contributed by atoms with Crippen molar-refractivity contribution in [2.45, 2.75) is 42.9 Å². The Morgan fingerprint density at radius 1 is 1.25 bits per heavy atom. The number of rotatable bonds is 3. The van der Waals surface area contributed by atoms with Crippen molar-refractivity contribution in [3.63, 3.8) is 0 Å². The maximum Gasteiger partial charge on any atom is 0.252 e. The van der Waals surface area contributed by atoms with Crippen LogP contribution in [0, 0.1) is 11.8 Å². The minimum absolute atomic E-state index is 0.400. The van der Waals surface area contributed by atoms with E-state index in [4.69, 9.17) is 5.73 Å². The molecule has 1 saturated heterocycles. The molecule has 1 aliphatic carbocycles. The molecule has 2 aliphatic rings. The number of thiophene rings is 1. The predicted molar refractivity (Wildman–Crippen MR) is 81.0 cm³/mol. The third-order valence-electron chi connectivity index (χ3n) is 4.71. The fourth-order valence-corrected chi connectivity index (χ4v) is 6.40. The van der Waals surface area contributed by atoms with E-state index in [2.05, 4.69) is 0 Å². The Bertz CT molecular complexity index is 567. The van der Waals surface area contributed by atoms with Gasteiger partial charge in [0.1, 0.15) is 4.21 Å². The van der Waals surface area contributed by atoms with Gasteiger partial charge in [-0.25, -0.2) is 8.42 Å². The van der Waals surface area contributed by atoms with Crippen molar-refractivity contribution in [3.05, 3.63) is 17.0 Å². The molecule has 0 amide bonds. The largest absolute Gasteiger partial charge is 0.326 e. The summed E-state index contributed by atoms with van der Waals surface area (Å²) in [6, 6.07) is 1.73. The van der Waals surface area contributed by atoms with E-state index in [1.165, 1.54) is 37.0 Å². The Morgan fingerprint density at radius 3 is 2.70 bits per heavy atom. The molecule has 0 radical (unpaired) electrons. The van der Waals surface area contributed by atoms with E-state index in [1.807, 2.05) is 5.38 Å². The summed E-state index contributed by atoms with van der Waals surface area (Å²) < 4.78 is 27.5. The second-order valence-electron chi connectivity index (χ2n) is 5.93. The van der Waals surface area contributed by atoms with Gasteiger partial charge in [0.2, 0.25) is 0 Å². The molecule has 2 unspecified atom stereocenters. The van der Waals surface area contributed by atoms with Crippen LogP contribution in [0.3, 0.4) is 0 Å². The van der Waals surface area contributed by atoms with Crippen molar-refractivity contribution in [3.8, 4) is 0 Å². The lowest BCUT2D eigenvalue weighted by Gasteiger charge is -2.40. The third kappa shape index (κ3) is 2.66. The summed E-state index contributed by atoms with van der Waals surface area (Å²) in [7, 11) is -3.31. The van der Waals surface area contributed by atoms with Crippen LogP contribution in [0.5, 0.6) is 0 Å². The zero-order chi connectivity index (χ0) is 14.2. The molecule has 2 fully saturated rings. The Balaban J connectivity index is 1.77. The molecule has 1 saturated carbocycles. The van der Waals surface area contributed by atoms with Gasteiger partial charge in [-0.15, -0.1) is 11.3 Å². The summed E-state index contributed by atoms with van der Waals surface area (Å²) in [6.07, 6.45) is 6.08. The Hall–Kier alpha value is -0.430. The summed E-state index contributed by atoms with van der Waals surface area (Å²) in [4.78, 5) is 0. The fourth-order valence-electron chi connectivity index (χ4n) is 3.51. The van der Waals surface area contributed by atoms with Gasteiger partial charge in [-0.2, -0.15) is 4.31 Å². The van der Waals surface area contributed by atoms with Crippen LogP contribution < -0.4 is 5.73 Å². The molecule has 2 atom stereocenters. The number of sulfonamides is 1. The lowest BCUT2D eigenvalue weighted by atomic mass is 9.76. The second kappa shape index (κ2) is 5.75. The average Bonchev–Trinajstić information content (AvgIpc) is 2.96. The lowest BCUT2D eigenvalue weighted by molar-refractivity contribution is 0.136. The molecule has 6 heteroatoms. The molecule has 0 spiro atoms. The Labute approximate surface area is 125 Å². The highest BCUT2D eigenvalue weighted by Gasteiger charge is 2.36. The van der Waals surface area contributed by atoms with Gasteiger partial charge in [0.25, 0.3) is 10.0 Å². The van der Waals surface area contributed by atoms with Gasteiger partial charge in [0.05, 0.1) is 0 Å². The highest BCUT2D eigenvalue weighted by atomic mass is 32.2. The predicted octanol–water partition coefficient (Wildman–Crippen LogP) is 2.41. The molecule has 20 heavy (non-hydrogen) atoms. The molecule has 0 aromatic carbocycles. The lowest BCUT2D eigenvalue weighted by Crippen LogP contribution is -2.44. The van der Waals surface area contributed by atoms with Crippen LogP contribution in [0.25, 0.3) is 0 Å². The Morgan fingerprint density at radius 2 is 2.00 bits per heavy atom. The maximum atomic E-state index is 12.7. The molecule has 112 valence electrons. The number of nitrogens with two attached hydrogens (primary N) is 1. The van der Waals surface area contributed by atoms with E-state index in [1.54, 1.807) is 10.4 Å². The summed E-state index contributed by atoms with van der Waals surface area (Å²) >= 11 is 1.29. The third-order valence-corrected chi connectivity index (χ3v) is 8.04. The van der Waals surface area contributed by atoms with Crippen LogP contribution in [0.15, 0.2) is 15.7 Å². The number of nitrogens with zero attached hydrogens (tertiary/aromatic N) is 1. The van der Waals surface area contributed by atoms with E-state index in [0.717, 1.165) is 17.9 Å². The fraction of sp³-hybridized carbons (Fsp3) is 0.714. The molecule has 3 rings (SSSR count). The monoisotopic (exact) mass is 314 g/mol. The molecule has 2 heterocycles. The van der Waals surface area contributed by atoms with Crippen molar-refractivity contribution in [2.75, 3.05) is 13.1 Å². The van der Waals surface area contributed by atoms with Gasteiger partial charge in [-0.1, -0.05) is 19.3 Å². The van der Waals surface area contributed by atoms with Crippen molar-refractivity contribution >= 4 is 21.4 Å². The van der Waals surface area contributed by atoms with E-state index in [0.29, 0.717) is 29.8 Å². The van der Waals surface area contributed by atoms with Gasteiger partial charge < -0.3 is 5.73 Å². The van der Waals surface area contributed by atoms with Gasteiger partial charge in [-0.05, 0) is 41.7 Å². The van der Waals surface area contributed by atoms with E-state index in [9.17, 15) is 8.42 Å². The summed E-state index contributed by atoms with van der Waals surface area (Å²) in [5, 5.41) is 1.85. The molecular formula is C14H22N2O2S2. The van der Waals surface area contributed by atoms with Crippen LogP contribution in [0.1, 0.15) is 37.7 Å². The normalized spacial score (nSPS) is 28.2. The minimum atomic E-state index is -3.31. The van der Waals surface area contributed by atoms with Crippen molar-refractivity contribution < 1.29 is 8.42 Å². The van der Waals surface area contributed by atoms with Crippen molar-refractivity contribution in [1.29, 1.82) is 0 Å². The topological polar surface area (TPSA) is 63.4 Å². The van der Waals surface area contributed by atoms with Crippen LogP contribution in [0.2, 0.25) is 0 Å². The SMILES string of the molecule is NCc1csc(S(=O)(=O)N2CCC3CCCCC3C2)c1.